The minimum absolute atomic E-state index is 0.220. The van der Waals surface area contributed by atoms with E-state index in [0.29, 0.717) is 12.5 Å². The molecule has 3 nitrogen and oxygen atoms in total. The number of thioether (sulfide) groups is 1. The average molecular weight is 241 g/mol. The number of ether oxygens (including phenoxy) is 1. The largest absolute Gasteiger partial charge is 0.478 e. The molecule has 0 amide bonds. The predicted octanol–water partition coefficient (Wildman–Crippen LogP) is 2.48. The van der Waals surface area contributed by atoms with Crippen LogP contribution in [0.5, 0.6) is 5.88 Å². The Morgan fingerprint density at radius 1 is 1.44 bits per heavy atom. The molecule has 1 N–H and O–H groups in total. The standard InChI is InChI=1S/C12H19NO2S/c1-4-15-12-7-5-6-11(13-12)8-16-10(3)9(2)14/h5-7,9-10,14H,4,8H2,1-3H3/t9-,10-/m0/s1. The third-order valence-electron chi connectivity index (χ3n) is 2.25. The third kappa shape index (κ3) is 4.41. The van der Waals surface area contributed by atoms with E-state index in [4.69, 9.17) is 4.74 Å². The van der Waals surface area contributed by atoms with Gasteiger partial charge in [0.2, 0.25) is 5.88 Å². The van der Waals surface area contributed by atoms with E-state index in [1.807, 2.05) is 39.0 Å². The minimum atomic E-state index is -0.292. The highest BCUT2D eigenvalue weighted by Crippen LogP contribution is 2.20. The number of rotatable bonds is 6. The van der Waals surface area contributed by atoms with Gasteiger partial charge in [-0.25, -0.2) is 4.98 Å². The lowest BCUT2D eigenvalue weighted by Gasteiger charge is -2.13. The lowest BCUT2D eigenvalue weighted by molar-refractivity contribution is 0.196. The number of pyridine rings is 1. The number of aliphatic hydroxyl groups excluding tert-OH is 1. The van der Waals surface area contributed by atoms with Crippen molar-refractivity contribution in [3.8, 4) is 5.88 Å². The van der Waals surface area contributed by atoms with Crippen LogP contribution < -0.4 is 4.74 Å². The van der Waals surface area contributed by atoms with Crippen molar-refractivity contribution in [2.75, 3.05) is 6.61 Å². The molecule has 4 heteroatoms. The SMILES string of the molecule is CCOc1cccc(CS[C@@H](C)[C@H](C)O)n1. The number of aliphatic hydroxyl groups is 1. The first-order chi connectivity index (χ1) is 7.63. The second kappa shape index (κ2) is 6.76. The fraction of sp³-hybridized carbons (Fsp3) is 0.583. The van der Waals surface area contributed by atoms with Crippen molar-refractivity contribution in [2.24, 2.45) is 0 Å². The fourth-order valence-electron chi connectivity index (χ4n) is 1.12. The van der Waals surface area contributed by atoms with Crippen LogP contribution >= 0.6 is 11.8 Å². The Hall–Kier alpha value is -0.740. The van der Waals surface area contributed by atoms with E-state index in [1.54, 1.807) is 11.8 Å². The molecule has 16 heavy (non-hydrogen) atoms. The molecule has 0 fully saturated rings. The predicted molar refractivity (Wildman–Crippen MR) is 67.8 cm³/mol. The van der Waals surface area contributed by atoms with Crippen LogP contribution in [0, 0.1) is 0 Å². The van der Waals surface area contributed by atoms with Crippen molar-refractivity contribution >= 4 is 11.8 Å². The Labute approximate surface area is 101 Å². The second-order valence-electron chi connectivity index (χ2n) is 3.66. The first-order valence-electron chi connectivity index (χ1n) is 5.52. The lowest BCUT2D eigenvalue weighted by atomic mass is 10.3. The summed E-state index contributed by atoms with van der Waals surface area (Å²) in [7, 11) is 0. The molecular weight excluding hydrogens is 222 g/mol. The van der Waals surface area contributed by atoms with E-state index >= 15 is 0 Å². The molecule has 1 aromatic heterocycles. The summed E-state index contributed by atoms with van der Waals surface area (Å²) >= 11 is 1.70. The van der Waals surface area contributed by atoms with E-state index in [-0.39, 0.29) is 11.4 Å². The molecule has 0 bridgehead atoms. The van der Waals surface area contributed by atoms with Crippen molar-refractivity contribution in [1.82, 2.24) is 4.98 Å². The van der Waals surface area contributed by atoms with Crippen LogP contribution in [0.4, 0.5) is 0 Å². The minimum Gasteiger partial charge on any atom is -0.478 e. The van der Waals surface area contributed by atoms with E-state index in [0.717, 1.165) is 11.4 Å². The van der Waals surface area contributed by atoms with Crippen LogP contribution in [0.2, 0.25) is 0 Å². The fourth-order valence-corrected chi connectivity index (χ4v) is 2.00. The molecular formula is C12H19NO2S. The van der Waals surface area contributed by atoms with Crippen LogP contribution in [-0.2, 0) is 5.75 Å². The zero-order valence-electron chi connectivity index (χ0n) is 10.0. The summed E-state index contributed by atoms with van der Waals surface area (Å²) in [5, 5.41) is 9.59. The zero-order chi connectivity index (χ0) is 12.0. The summed E-state index contributed by atoms with van der Waals surface area (Å²) in [4.78, 5) is 4.37. The maximum absolute atomic E-state index is 9.37. The molecule has 0 aliphatic carbocycles. The maximum atomic E-state index is 9.37. The van der Waals surface area contributed by atoms with Crippen LogP contribution in [0.1, 0.15) is 26.5 Å². The van der Waals surface area contributed by atoms with Gasteiger partial charge in [-0.05, 0) is 19.9 Å². The lowest BCUT2D eigenvalue weighted by Crippen LogP contribution is -2.15. The second-order valence-corrected chi connectivity index (χ2v) is 5.02. The Balaban J connectivity index is 2.50. The van der Waals surface area contributed by atoms with Gasteiger partial charge in [0.1, 0.15) is 0 Å². The normalized spacial score (nSPS) is 14.5. The molecule has 0 saturated heterocycles. The molecule has 0 aromatic carbocycles. The molecule has 0 radical (unpaired) electrons. The van der Waals surface area contributed by atoms with Crippen molar-refractivity contribution in [3.63, 3.8) is 0 Å². The van der Waals surface area contributed by atoms with E-state index < -0.39 is 0 Å². The van der Waals surface area contributed by atoms with E-state index in [1.165, 1.54) is 0 Å². The first kappa shape index (κ1) is 13.3. The molecule has 0 aliphatic rings. The molecule has 0 unspecified atom stereocenters. The van der Waals surface area contributed by atoms with Gasteiger partial charge in [-0.2, -0.15) is 0 Å². The topological polar surface area (TPSA) is 42.4 Å². The summed E-state index contributed by atoms with van der Waals surface area (Å²) in [6, 6.07) is 5.78. The Morgan fingerprint density at radius 2 is 2.19 bits per heavy atom. The number of nitrogens with zero attached hydrogens (tertiary/aromatic N) is 1. The average Bonchev–Trinajstić information content (AvgIpc) is 2.26. The van der Waals surface area contributed by atoms with Gasteiger partial charge in [-0.1, -0.05) is 13.0 Å². The number of hydrogen-bond donors (Lipinski definition) is 1. The molecule has 0 aliphatic heterocycles. The summed E-state index contributed by atoms with van der Waals surface area (Å²) in [6.45, 7) is 6.40. The van der Waals surface area contributed by atoms with Gasteiger partial charge >= 0.3 is 0 Å². The maximum Gasteiger partial charge on any atom is 0.213 e. The van der Waals surface area contributed by atoms with Gasteiger partial charge < -0.3 is 9.84 Å². The highest BCUT2D eigenvalue weighted by molar-refractivity contribution is 7.99. The molecule has 90 valence electrons. The summed E-state index contributed by atoms with van der Waals surface area (Å²) in [5.74, 6) is 1.47. The molecule has 2 atom stereocenters. The molecule has 1 rings (SSSR count). The van der Waals surface area contributed by atoms with Crippen molar-refractivity contribution in [3.05, 3.63) is 23.9 Å². The quantitative estimate of drug-likeness (QED) is 0.831. The highest BCUT2D eigenvalue weighted by atomic mass is 32.2. The monoisotopic (exact) mass is 241 g/mol. The third-order valence-corrected chi connectivity index (χ3v) is 3.63. The zero-order valence-corrected chi connectivity index (χ0v) is 10.8. The Morgan fingerprint density at radius 3 is 2.81 bits per heavy atom. The summed E-state index contributed by atoms with van der Waals surface area (Å²) in [6.07, 6.45) is -0.292. The molecule has 1 aromatic rings. The highest BCUT2D eigenvalue weighted by Gasteiger charge is 2.09. The van der Waals surface area contributed by atoms with E-state index in [9.17, 15) is 5.11 Å². The smallest absolute Gasteiger partial charge is 0.213 e. The Kier molecular flexibility index (Phi) is 5.63. The van der Waals surface area contributed by atoms with Crippen LogP contribution in [0.3, 0.4) is 0 Å². The van der Waals surface area contributed by atoms with Crippen LogP contribution in [-0.4, -0.2) is 28.1 Å². The van der Waals surface area contributed by atoms with Crippen molar-refractivity contribution in [2.45, 2.75) is 37.9 Å². The summed E-state index contributed by atoms with van der Waals surface area (Å²) < 4.78 is 5.33. The van der Waals surface area contributed by atoms with Gasteiger partial charge in [0, 0.05) is 17.1 Å². The van der Waals surface area contributed by atoms with Gasteiger partial charge in [-0.3, -0.25) is 0 Å². The van der Waals surface area contributed by atoms with Gasteiger partial charge in [-0.15, -0.1) is 11.8 Å². The van der Waals surface area contributed by atoms with Crippen LogP contribution in [0.25, 0.3) is 0 Å². The summed E-state index contributed by atoms with van der Waals surface area (Å²) in [5.41, 5.74) is 0.989. The number of aromatic nitrogens is 1. The number of hydrogen-bond acceptors (Lipinski definition) is 4. The Bertz CT molecular complexity index is 318. The van der Waals surface area contributed by atoms with Gasteiger partial charge in [0.05, 0.1) is 18.4 Å². The first-order valence-corrected chi connectivity index (χ1v) is 6.56. The van der Waals surface area contributed by atoms with E-state index in [2.05, 4.69) is 4.98 Å². The van der Waals surface area contributed by atoms with Crippen molar-refractivity contribution < 1.29 is 9.84 Å². The van der Waals surface area contributed by atoms with Crippen molar-refractivity contribution in [1.29, 1.82) is 0 Å². The van der Waals surface area contributed by atoms with Gasteiger partial charge in [0.25, 0.3) is 0 Å². The molecule has 0 spiro atoms. The van der Waals surface area contributed by atoms with Gasteiger partial charge in [0.15, 0.2) is 0 Å². The van der Waals surface area contributed by atoms with Crippen LogP contribution in [0.15, 0.2) is 18.2 Å². The molecule has 0 saturated carbocycles. The molecule has 1 heterocycles.